The highest BCUT2D eigenvalue weighted by atomic mass is 16.5. The van der Waals surface area contributed by atoms with Crippen molar-refractivity contribution in [3.05, 3.63) is 24.5 Å². The van der Waals surface area contributed by atoms with Crippen LogP contribution in [0.1, 0.15) is 0 Å². The van der Waals surface area contributed by atoms with Crippen molar-refractivity contribution in [3.8, 4) is 0 Å². The second-order valence-electron chi connectivity index (χ2n) is 5.47. The molecule has 4 rings (SSSR count). The summed E-state index contributed by atoms with van der Waals surface area (Å²) < 4.78 is 5.89. The van der Waals surface area contributed by atoms with E-state index < -0.39 is 0 Å². The normalized spacial score (nSPS) is 27.9. The van der Waals surface area contributed by atoms with Crippen LogP contribution in [0.4, 0.5) is 5.69 Å². The van der Waals surface area contributed by atoms with E-state index in [1.807, 2.05) is 0 Å². The number of morpholine rings is 1. The number of hydrogen-bond acceptors (Lipinski definition) is 4. The lowest BCUT2D eigenvalue weighted by molar-refractivity contribution is -0.0362. The van der Waals surface area contributed by atoms with Gasteiger partial charge in [-0.3, -0.25) is 4.90 Å². The van der Waals surface area contributed by atoms with Crippen molar-refractivity contribution in [1.29, 1.82) is 0 Å². The standard InChI is InChI=1S/C14H18N4O/c1-17-4-5-19-14-8-18(7-13(14)17)10-2-3-11-12(6-10)16-9-15-11/h2-3,6,9,13-14H,4-5,7-8H2,1H3,(H,15,16)/t13?,14-/m1/s1. The number of anilines is 1. The zero-order valence-electron chi connectivity index (χ0n) is 11.0. The molecule has 2 fully saturated rings. The van der Waals surface area contributed by atoms with Crippen LogP contribution in [0.25, 0.3) is 11.0 Å². The number of rotatable bonds is 1. The molecular formula is C14H18N4O. The van der Waals surface area contributed by atoms with E-state index in [-0.39, 0.29) is 0 Å². The molecule has 5 nitrogen and oxygen atoms in total. The van der Waals surface area contributed by atoms with Crippen LogP contribution in [0.5, 0.6) is 0 Å². The highest BCUT2D eigenvalue weighted by molar-refractivity contribution is 5.79. The van der Waals surface area contributed by atoms with Crippen molar-refractivity contribution < 1.29 is 4.74 Å². The molecule has 0 radical (unpaired) electrons. The van der Waals surface area contributed by atoms with Crippen LogP contribution >= 0.6 is 0 Å². The Balaban J connectivity index is 1.62. The maximum atomic E-state index is 5.89. The second kappa shape index (κ2) is 4.21. The van der Waals surface area contributed by atoms with Gasteiger partial charge in [-0.15, -0.1) is 0 Å². The van der Waals surface area contributed by atoms with E-state index in [1.54, 1.807) is 6.33 Å². The van der Waals surface area contributed by atoms with Crippen LogP contribution < -0.4 is 4.90 Å². The minimum atomic E-state index is 0.341. The number of likely N-dealkylation sites (N-methyl/N-ethyl adjacent to an activating group) is 1. The lowest BCUT2D eigenvalue weighted by Crippen LogP contribution is -2.48. The van der Waals surface area contributed by atoms with Gasteiger partial charge in [-0.25, -0.2) is 4.98 Å². The summed E-state index contributed by atoms with van der Waals surface area (Å²) in [5.74, 6) is 0. The number of hydrogen-bond donors (Lipinski definition) is 1. The molecule has 1 unspecified atom stereocenters. The number of nitrogens with zero attached hydrogens (tertiary/aromatic N) is 3. The van der Waals surface area contributed by atoms with E-state index >= 15 is 0 Å². The average molecular weight is 258 g/mol. The molecule has 2 atom stereocenters. The first kappa shape index (κ1) is 11.3. The first-order valence-electron chi connectivity index (χ1n) is 6.81. The summed E-state index contributed by atoms with van der Waals surface area (Å²) in [6.45, 7) is 3.90. The minimum absolute atomic E-state index is 0.341. The van der Waals surface area contributed by atoms with Gasteiger partial charge in [0.15, 0.2) is 0 Å². The summed E-state index contributed by atoms with van der Waals surface area (Å²) in [5, 5.41) is 0. The molecule has 5 heteroatoms. The third-order valence-electron chi connectivity index (χ3n) is 4.35. The van der Waals surface area contributed by atoms with Crippen molar-refractivity contribution in [1.82, 2.24) is 14.9 Å². The van der Waals surface area contributed by atoms with Gasteiger partial charge in [0.25, 0.3) is 0 Å². The monoisotopic (exact) mass is 258 g/mol. The Kier molecular flexibility index (Phi) is 2.50. The summed E-state index contributed by atoms with van der Waals surface area (Å²) >= 11 is 0. The van der Waals surface area contributed by atoms with E-state index in [4.69, 9.17) is 4.74 Å². The SMILES string of the molecule is CN1CCO[C@@H]2CN(c3ccc4[nH]cnc4c3)CC21. The molecular weight excluding hydrogens is 240 g/mol. The van der Waals surface area contributed by atoms with Crippen LogP contribution in [0.3, 0.4) is 0 Å². The highest BCUT2D eigenvalue weighted by Gasteiger charge is 2.38. The number of ether oxygens (including phenoxy) is 1. The smallest absolute Gasteiger partial charge is 0.0931 e. The molecule has 2 aromatic rings. The van der Waals surface area contributed by atoms with Crippen LogP contribution in [0.2, 0.25) is 0 Å². The third kappa shape index (κ3) is 1.81. The number of nitrogens with one attached hydrogen (secondary N) is 1. The van der Waals surface area contributed by atoms with Crippen LogP contribution in [0.15, 0.2) is 24.5 Å². The maximum absolute atomic E-state index is 5.89. The van der Waals surface area contributed by atoms with Crippen molar-refractivity contribution >= 4 is 16.7 Å². The number of imidazole rings is 1. The van der Waals surface area contributed by atoms with Gasteiger partial charge in [-0.1, -0.05) is 0 Å². The molecule has 0 spiro atoms. The fourth-order valence-electron chi connectivity index (χ4n) is 3.19. The minimum Gasteiger partial charge on any atom is -0.373 e. The quantitative estimate of drug-likeness (QED) is 0.831. The van der Waals surface area contributed by atoms with Crippen molar-refractivity contribution in [3.63, 3.8) is 0 Å². The predicted molar refractivity (Wildman–Crippen MR) is 74.5 cm³/mol. The van der Waals surface area contributed by atoms with Gasteiger partial charge in [0.1, 0.15) is 0 Å². The molecule has 2 aliphatic rings. The molecule has 0 aliphatic carbocycles. The molecule has 0 saturated carbocycles. The molecule has 100 valence electrons. The van der Waals surface area contributed by atoms with Crippen molar-refractivity contribution in [2.45, 2.75) is 12.1 Å². The summed E-state index contributed by atoms with van der Waals surface area (Å²) in [6, 6.07) is 6.94. The van der Waals surface area contributed by atoms with Gasteiger partial charge in [-0.05, 0) is 25.2 Å². The molecule has 2 aliphatic heterocycles. The Labute approximate surface area is 112 Å². The van der Waals surface area contributed by atoms with Crippen molar-refractivity contribution in [2.24, 2.45) is 0 Å². The van der Waals surface area contributed by atoms with Gasteiger partial charge in [0.05, 0.1) is 36.1 Å². The molecule has 2 saturated heterocycles. The van der Waals surface area contributed by atoms with E-state index in [9.17, 15) is 0 Å². The largest absolute Gasteiger partial charge is 0.373 e. The average Bonchev–Trinajstić information content (AvgIpc) is 3.04. The first-order chi connectivity index (χ1) is 9.31. The topological polar surface area (TPSA) is 44.4 Å². The Hall–Kier alpha value is -1.59. The van der Waals surface area contributed by atoms with E-state index in [0.29, 0.717) is 12.1 Å². The molecule has 1 aromatic carbocycles. The zero-order chi connectivity index (χ0) is 12.8. The highest BCUT2D eigenvalue weighted by Crippen LogP contribution is 2.28. The Bertz CT molecular complexity index is 596. The number of fused-ring (bicyclic) bond motifs is 2. The maximum Gasteiger partial charge on any atom is 0.0931 e. The van der Waals surface area contributed by atoms with Crippen LogP contribution in [-0.4, -0.2) is 60.3 Å². The van der Waals surface area contributed by atoms with Gasteiger partial charge in [0.2, 0.25) is 0 Å². The fraction of sp³-hybridized carbons (Fsp3) is 0.500. The Morgan fingerprint density at radius 1 is 1.37 bits per heavy atom. The van der Waals surface area contributed by atoms with Gasteiger partial charge < -0.3 is 14.6 Å². The van der Waals surface area contributed by atoms with E-state index in [0.717, 1.165) is 37.3 Å². The van der Waals surface area contributed by atoms with Gasteiger partial charge in [-0.2, -0.15) is 0 Å². The number of aromatic amines is 1. The summed E-state index contributed by atoms with van der Waals surface area (Å²) in [7, 11) is 2.20. The van der Waals surface area contributed by atoms with E-state index in [1.165, 1.54) is 5.69 Å². The lowest BCUT2D eigenvalue weighted by atomic mass is 10.1. The fourth-order valence-corrected chi connectivity index (χ4v) is 3.19. The first-order valence-corrected chi connectivity index (χ1v) is 6.81. The van der Waals surface area contributed by atoms with Crippen molar-refractivity contribution in [2.75, 3.05) is 38.2 Å². The molecule has 1 aromatic heterocycles. The summed E-state index contributed by atoms with van der Waals surface area (Å²) in [5.41, 5.74) is 3.36. The summed E-state index contributed by atoms with van der Waals surface area (Å²) in [6.07, 6.45) is 2.09. The lowest BCUT2D eigenvalue weighted by Gasteiger charge is -2.33. The predicted octanol–water partition coefficient (Wildman–Crippen LogP) is 1.08. The zero-order valence-corrected chi connectivity index (χ0v) is 11.0. The molecule has 1 N–H and O–H groups in total. The third-order valence-corrected chi connectivity index (χ3v) is 4.35. The Morgan fingerprint density at radius 2 is 2.32 bits per heavy atom. The molecule has 0 bridgehead atoms. The number of H-pyrrole nitrogens is 1. The van der Waals surface area contributed by atoms with E-state index in [2.05, 4.69) is 45.0 Å². The number of aromatic nitrogens is 2. The Morgan fingerprint density at radius 3 is 3.21 bits per heavy atom. The summed E-state index contributed by atoms with van der Waals surface area (Å²) in [4.78, 5) is 12.3. The van der Waals surface area contributed by atoms with Gasteiger partial charge in [0, 0.05) is 25.3 Å². The molecule has 3 heterocycles. The second-order valence-corrected chi connectivity index (χ2v) is 5.47. The van der Waals surface area contributed by atoms with Crippen LogP contribution in [-0.2, 0) is 4.74 Å². The number of benzene rings is 1. The molecule has 19 heavy (non-hydrogen) atoms. The van der Waals surface area contributed by atoms with Crippen LogP contribution in [0, 0.1) is 0 Å². The molecule has 0 amide bonds. The van der Waals surface area contributed by atoms with Gasteiger partial charge >= 0.3 is 0 Å².